The molecule has 5 aliphatic rings. The number of carbonyl (C=O) groups is 2. The molecule has 15 atom stereocenters. The van der Waals surface area contributed by atoms with E-state index in [0.29, 0.717) is 36.5 Å². The minimum absolute atomic E-state index is 0.0637. The molecular weight excluding hydrogens is 520 g/mol. The first-order valence-corrected chi connectivity index (χ1v) is 15.3. The van der Waals surface area contributed by atoms with Crippen molar-refractivity contribution < 1.29 is 49.7 Å². The Balaban J connectivity index is 1.19. The van der Waals surface area contributed by atoms with Crippen LogP contribution in [0.4, 0.5) is 0 Å². The van der Waals surface area contributed by atoms with Crippen LogP contribution in [0.5, 0.6) is 0 Å². The third kappa shape index (κ3) is 5.00. The summed E-state index contributed by atoms with van der Waals surface area (Å²) < 4.78 is 10.3. The number of carboxylic acid groups (broad SMARTS) is 1. The number of fused-ring (bicyclic) bond motifs is 5. The first kappa shape index (κ1) is 30.2. The second-order valence-corrected chi connectivity index (χ2v) is 14.2. The first-order valence-electron chi connectivity index (χ1n) is 15.3. The number of aliphatic carboxylic acids is 1. The van der Waals surface area contributed by atoms with Gasteiger partial charge in [-0.05, 0) is 104 Å². The third-order valence-corrected chi connectivity index (χ3v) is 12.3. The van der Waals surface area contributed by atoms with Gasteiger partial charge in [0.2, 0.25) is 6.29 Å². The summed E-state index contributed by atoms with van der Waals surface area (Å²) in [6.45, 7) is 6.93. The van der Waals surface area contributed by atoms with Crippen LogP contribution in [0.3, 0.4) is 0 Å². The fourth-order valence-electron chi connectivity index (χ4n) is 10.1. The number of rotatable bonds is 6. The number of esters is 1. The monoisotopic (exact) mass is 568 g/mol. The summed E-state index contributed by atoms with van der Waals surface area (Å²) in [6.07, 6.45) is -1.16. The van der Waals surface area contributed by atoms with Crippen LogP contribution in [0.1, 0.15) is 85.0 Å². The zero-order valence-electron chi connectivity index (χ0n) is 23.9. The fraction of sp³-hybridized carbons (Fsp3) is 0.933. The molecule has 10 heteroatoms. The van der Waals surface area contributed by atoms with Gasteiger partial charge in [0.1, 0.15) is 18.3 Å². The van der Waals surface area contributed by atoms with Gasteiger partial charge < -0.3 is 40.1 Å². The Morgan fingerprint density at radius 2 is 1.55 bits per heavy atom. The van der Waals surface area contributed by atoms with Crippen molar-refractivity contribution in [2.45, 2.75) is 128 Å². The molecule has 0 spiro atoms. The van der Waals surface area contributed by atoms with Gasteiger partial charge in [-0.3, -0.25) is 4.79 Å². The van der Waals surface area contributed by atoms with E-state index in [4.69, 9.17) is 9.47 Å². The molecule has 4 aliphatic carbocycles. The maximum atomic E-state index is 12.7. The Bertz CT molecular complexity index is 959. The van der Waals surface area contributed by atoms with Crippen molar-refractivity contribution in [1.82, 2.24) is 0 Å². The molecule has 0 aromatic rings. The van der Waals surface area contributed by atoms with Crippen molar-refractivity contribution in [3.63, 3.8) is 0 Å². The van der Waals surface area contributed by atoms with Gasteiger partial charge in [-0.1, -0.05) is 20.8 Å². The molecular formula is C30H48O10. The van der Waals surface area contributed by atoms with Gasteiger partial charge in [0, 0.05) is 6.42 Å². The Labute approximate surface area is 236 Å². The number of carboxylic acids is 1. The molecule has 1 saturated heterocycles. The van der Waals surface area contributed by atoms with Crippen molar-refractivity contribution in [3.8, 4) is 0 Å². The molecule has 0 bridgehead atoms. The van der Waals surface area contributed by atoms with E-state index < -0.39 is 42.6 Å². The highest BCUT2D eigenvalue weighted by molar-refractivity contribution is 5.73. The van der Waals surface area contributed by atoms with E-state index in [1.54, 1.807) is 0 Å². The lowest BCUT2D eigenvalue weighted by atomic mass is 9.44. The third-order valence-electron chi connectivity index (χ3n) is 12.3. The summed E-state index contributed by atoms with van der Waals surface area (Å²) in [4.78, 5) is 24.0. The highest BCUT2D eigenvalue weighted by atomic mass is 16.7. The average molecular weight is 569 g/mol. The molecule has 40 heavy (non-hydrogen) atoms. The van der Waals surface area contributed by atoms with E-state index in [-0.39, 0.29) is 41.3 Å². The Morgan fingerprint density at radius 1 is 0.875 bits per heavy atom. The van der Waals surface area contributed by atoms with E-state index in [9.17, 15) is 40.2 Å². The van der Waals surface area contributed by atoms with Gasteiger partial charge in [-0.2, -0.15) is 0 Å². The predicted octanol–water partition coefficient (Wildman–Crippen LogP) is 1.83. The molecule has 1 heterocycles. The standard InChI is InChI=1S/C30H48O10/c1-14(4-7-22(33)39-28-25(36)23(34)24(35)26(40-28)27(37)38)17-5-6-18-16-13-21(32)20-12-15(31)8-10-30(20,3)19(16)9-11-29(17,18)2/h14-21,23-26,28,31-32,34-36H,4-13H2,1-3H3,(H,37,38). The van der Waals surface area contributed by atoms with Gasteiger partial charge in [0.15, 0.2) is 6.10 Å². The molecule has 0 radical (unpaired) electrons. The quantitative estimate of drug-likeness (QED) is 0.259. The zero-order valence-corrected chi connectivity index (χ0v) is 23.9. The highest BCUT2D eigenvalue weighted by Crippen LogP contribution is 2.68. The maximum Gasteiger partial charge on any atom is 0.335 e. The lowest BCUT2D eigenvalue weighted by Gasteiger charge is -2.62. The molecule has 228 valence electrons. The molecule has 4 saturated carbocycles. The molecule has 5 rings (SSSR count). The van der Waals surface area contributed by atoms with Crippen molar-refractivity contribution in [3.05, 3.63) is 0 Å². The largest absolute Gasteiger partial charge is 0.479 e. The molecule has 0 amide bonds. The molecule has 6 N–H and O–H groups in total. The summed E-state index contributed by atoms with van der Waals surface area (Å²) in [5.41, 5.74) is 0.199. The number of carbonyl (C=O) groups excluding carboxylic acids is 1. The minimum Gasteiger partial charge on any atom is -0.479 e. The van der Waals surface area contributed by atoms with Crippen molar-refractivity contribution in [2.75, 3.05) is 0 Å². The normalized spacial score (nSPS) is 51.2. The predicted molar refractivity (Wildman–Crippen MR) is 141 cm³/mol. The topological polar surface area (TPSA) is 174 Å². The first-order chi connectivity index (χ1) is 18.8. The molecule has 5 fully saturated rings. The summed E-state index contributed by atoms with van der Waals surface area (Å²) >= 11 is 0. The molecule has 15 unspecified atom stereocenters. The van der Waals surface area contributed by atoms with E-state index in [0.717, 1.165) is 44.9 Å². The Hall–Kier alpha value is -1.30. The number of ether oxygens (including phenoxy) is 2. The fourth-order valence-corrected chi connectivity index (χ4v) is 10.1. The van der Waals surface area contributed by atoms with Crippen LogP contribution in [-0.2, 0) is 19.1 Å². The number of aliphatic hydroxyl groups excluding tert-OH is 5. The van der Waals surface area contributed by atoms with Crippen LogP contribution in [0, 0.1) is 46.3 Å². The Morgan fingerprint density at radius 3 is 2.25 bits per heavy atom. The molecule has 0 aromatic carbocycles. The number of hydrogen-bond acceptors (Lipinski definition) is 9. The number of aliphatic hydroxyl groups is 5. The van der Waals surface area contributed by atoms with Crippen molar-refractivity contribution in [2.24, 2.45) is 46.3 Å². The van der Waals surface area contributed by atoms with Crippen LogP contribution in [0.2, 0.25) is 0 Å². The second-order valence-electron chi connectivity index (χ2n) is 14.2. The van der Waals surface area contributed by atoms with Crippen LogP contribution >= 0.6 is 0 Å². The van der Waals surface area contributed by atoms with E-state index >= 15 is 0 Å². The summed E-state index contributed by atoms with van der Waals surface area (Å²) in [5.74, 6) is 0.220. The lowest BCUT2D eigenvalue weighted by Crippen LogP contribution is -2.60. The van der Waals surface area contributed by atoms with Crippen molar-refractivity contribution in [1.29, 1.82) is 0 Å². The van der Waals surface area contributed by atoms with E-state index in [1.807, 2.05) is 0 Å². The molecule has 10 nitrogen and oxygen atoms in total. The SMILES string of the molecule is CC(CCC(=O)OC1OC(C(=O)O)C(O)C(O)C1O)C1CCC2C3CC(O)C4CC(O)CCC4(C)C3CCC12C. The summed E-state index contributed by atoms with van der Waals surface area (Å²) in [6, 6.07) is 0. The zero-order chi connectivity index (χ0) is 29.1. The van der Waals surface area contributed by atoms with Gasteiger partial charge in [-0.25, -0.2) is 4.79 Å². The summed E-state index contributed by atoms with van der Waals surface area (Å²) in [5, 5.41) is 60.7. The smallest absolute Gasteiger partial charge is 0.335 e. The van der Waals surface area contributed by atoms with Gasteiger partial charge in [-0.15, -0.1) is 0 Å². The molecule has 1 aliphatic heterocycles. The van der Waals surface area contributed by atoms with Gasteiger partial charge >= 0.3 is 11.9 Å². The second kappa shape index (κ2) is 11.1. The Kier molecular flexibility index (Phi) is 8.36. The summed E-state index contributed by atoms with van der Waals surface area (Å²) in [7, 11) is 0. The van der Waals surface area contributed by atoms with Crippen LogP contribution < -0.4 is 0 Å². The maximum absolute atomic E-state index is 12.7. The van der Waals surface area contributed by atoms with Crippen molar-refractivity contribution >= 4 is 11.9 Å². The van der Waals surface area contributed by atoms with E-state index in [1.165, 1.54) is 0 Å². The van der Waals surface area contributed by atoms with Crippen LogP contribution in [-0.4, -0.2) is 85.5 Å². The van der Waals surface area contributed by atoms with Gasteiger partial charge in [0.25, 0.3) is 0 Å². The van der Waals surface area contributed by atoms with E-state index in [2.05, 4.69) is 20.8 Å². The molecule has 0 aromatic heterocycles. The lowest BCUT2D eigenvalue weighted by molar-refractivity contribution is -0.286. The van der Waals surface area contributed by atoms with Gasteiger partial charge in [0.05, 0.1) is 12.2 Å². The average Bonchev–Trinajstić information content (AvgIpc) is 3.26. The number of hydrogen-bond donors (Lipinski definition) is 6. The highest BCUT2D eigenvalue weighted by Gasteiger charge is 2.62. The van der Waals surface area contributed by atoms with Crippen LogP contribution in [0.15, 0.2) is 0 Å². The minimum atomic E-state index is -1.84. The van der Waals surface area contributed by atoms with Crippen LogP contribution in [0.25, 0.3) is 0 Å².